The first-order valence-corrected chi connectivity index (χ1v) is 12.1. The molecule has 0 aliphatic carbocycles. The Morgan fingerprint density at radius 1 is 0.774 bits per heavy atom. The van der Waals surface area contributed by atoms with Gasteiger partial charge in [-0.2, -0.15) is 5.26 Å². The summed E-state index contributed by atoms with van der Waals surface area (Å²) < 4.78 is 11.9. The van der Waals surface area contributed by atoms with Gasteiger partial charge in [0.2, 0.25) is 0 Å². The van der Waals surface area contributed by atoms with Crippen molar-refractivity contribution in [3.05, 3.63) is 70.8 Å². The summed E-state index contributed by atoms with van der Waals surface area (Å²) in [5.41, 5.74) is 4.74. The number of nitrogens with zero attached hydrogens (tertiary/aromatic N) is 1. The maximum absolute atomic E-state index is 8.89. The summed E-state index contributed by atoms with van der Waals surface area (Å²) >= 11 is 0. The molecule has 0 spiro atoms. The topological polar surface area (TPSA) is 42.2 Å². The molecular weight excluding hydrogens is 382 g/mol. The fourth-order valence-corrected chi connectivity index (χ4v) is 4.18. The molecule has 1 aliphatic heterocycles. The molecule has 0 atom stereocenters. The van der Waals surface area contributed by atoms with Crippen molar-refractivity contribution in [2.45, 2.75) is 77.4 Å². The molecule has 0 amide bonds. The zero-order valence-electron chi connectivity index (χ0n) is 19.0. The van der Waals surface area contributed by atoms with Gasteiger partial charge >= 0.3 is 0 Å². The molecule has 1 fully saturated rings. The molecule has 1 heterocycles. The summed E-state index contributed by atoms with van der Waals surface area (Å²) in [5, 5.41) is 8.89. The smallest absolute Gasteiger partial charge is 0.161 e. The van der Waals surface area contributed by atoms with Crippen LogP contribution in [0.5, 0.6) is 0 Å². The Labute approximate surface area is 188 Å². The summed E-state index contributed by atoms with van der Waals surface area (Å²) in [6.45, 7) is 3.82. The van der Waals surface area contributed by atoms with E-state index in [9.17, 15) is 0 Å². The van der Waals surface area contributed by atoms with Gasteiger partial charge in [0.25, 0.3) is 0 Å². The van der Waals surface area contributed by atoms with E-state index in [-0.39, 0.29) is 6.29 Å². The van der Waals surface area contributed by atoms with Crippen LogP contribution in [-0.4, -0.2) is 19.5 Å². The van der Waals surface area contributed by atoms with E-state index < -0.39 is 0 Å². The van der Waals surface area contributed by atoms with Gasteiger partial charge in [-0.05, 0) is 60.9 Å². The number of aryl methyl sites for hydroxylation is 2. The zero-order chi connectivity index (χ0) is 21.7. The van der Waals surface area contributed by atoms with Crippen molar-refractivity contribution in [2.75, 3.05) is 13.2 Å². The fourth-order valence-electron chi connectivity index (χ4n) is 4.18. The van der Waals surface area contributed by atoms with Crippen molar-refractivity contribution < 1.29 is 9.47 Å². The minimum absolute atomic E-state index is 0.168. The van der Waals surface area contributed by atoms with E-state index in [0.29, 0.717) is 11.5 Å². The molecule has 0 aromatic heterocycles. The van der Waals surface area contributed by atoms with Crippen molar-refractivity contribution in [1.82, 2.24) is 0 Å². The normalized spacial score (nSPS) is 18.6. The number of ether oxygens (including phenoxy) is 2. The van der Waals surface area contributed by atoms with Crippen molar-refractivity contribution in [1.29, 1.82) is 5.26 Å². The number of hydrogen-bond acceptors (Lipinski definition) is 3. The van der Waals surface area contributed by atoms with Crippen LogP contribution in [-0.2, 0) is 28.7 Å². The molecule has 166 valence electrons. The van der Waals surface area contributed by atoms with Crippen molar-refractivity contribution in [3.63, 3.8) is 0 Å². The molecule has 2 aromatic rings. The lowest BCUT2D eigenvalue weighted by molar-refractivity contribution is -0.200. The van der Waals surface area contributed by atoms with Gasteiger partial charge < -0.3 is 9.47 Å². The van der Waals surface area contributed by atoms with Gasteiger partial charge in [0.1, 0.15) is 0 Å². The Morgan fingerprint density at radius 3 is 1.97 bits per heavy atom. The highest BCUT2D eigenvalue weighted by Gasteiger charge is 2.22. The Kier molecular flexibility index (Phi) is 10.1. The van der Waals surface area contributed by atoms with E-state index in [1.54, 1.807) is 0 Å². The fraction of sp³-hybridized carbons (Fsp3) is 0.536. The third-order valence-corrected chi connectivity index (χ3v) is 6.19. The van der Waals surface area contributed by atoms with Crippen molar-refractivity contribution in [3.8, 4) is 6.07 Å². The second-order valence-electron chi connectivity index (χ2n) is 8.85. The second-order valence-corrected chi connectivity index (χ2v) is 8.85. The Morgan fingerprint density at radius 2 is 1.35 bits per heavy atom. The zero-order valence-corrected chi connectivity index (χ0v) is 19.0. The summed E-state index contributed by atoms with van der Waals surface area (Å²) in [4.78, 5) is 0. The Bertz CT molecular complexity index is 783. The first-order valence-electron chi connectivity index (χ1n) is 12.1. The summed E-state index contributed by atoms with van der Waals surface area (Å²) in [6, 6.07) is 19.1. The highest BCUT2D eigenvalue weighted by molar-refractivity contribution is 5.31. The van der Waals surface area contributed by atoms with Crippen LogP contribution in [0.3, 0.4) is 0 Å². The molecule has 0 radical (unpaired) electrons. The molecule has 31 heavy (non-hydrogen) atoms. The van der Waals surface area contributed by atoms with Crippen LogP contribution in [0.25, 0.3) is 0 Å². The first kappa shape index (κ1) is 23.5. The van der Waals surface area contributed by atoms with Crippen LogP contribution in [0.4, 0.5) is 0 Å². The molecule has 0 bridgehead atoms. The van der Waals surface area contributed by atoms with Crippen LogP contribution in [0, 0.1) is 17.2 Å². The van der Waals surface area contributed by atoms with Crippen LogP contribution in [0.1, 0.15) is 74.1 Å². The lowest BCUT2D eigenvalue weighted by atomic mass is 9.98. The minimum atomic E-state index is -0.168. The van der Waals surface area contributed by atoms with Gasteiger partial charge in [0.05, 0.1) is 24.8 Å². The predicted octanol–water partition coefficient (Wildman–Crippen LogP) is 6.63. The number of rotatable bonds is 12. The summed E-state index contributed by atoms with van der Waals surface area (Å²) in [6.07, 6.45) is 12.0. The highest BCUT2D eigenvalue weighted by atomic mass is 16.7. The van der Waals surface area contributed by atoms with E-state index >= 15 is 0 Å². The third kappa shape index (κ3) is 8.48. The molecule has 2 aromatic carbocycles. The van der Waals surface area contributed by atoms with Crippen LogP contribution < -0.4 is 0 Å². The molecule has 3 rings (SSSR count). The van der Waals surface area contributed by atoms with Gasteiger partial charge in [0, 0.05) is 12.3 Å². The molecule has 1 aliphatic rings. The van der Waals surface area contributed by atoms with Crippen LogP contribution in [0.15, 0.2) is 48.5 Å². The average molecular weight is 420 g/mol. The minimum Gasteiger partial charge on any atom is -0.352 e. The van der Waals surface area contributed by atoms with Crippen molar-refractivity contribution >= 4 is 0 Å². The molecular formula is C28H37NO2. The van der Waals surface area contributed by atoms with E-state index in [1.807, 2.05) is 24.3 Å². The number of unbranched alkanes of at least 4 members (excludes halogenated alkanes) is 4. The van der Waals surface area contributed by atoms with Gasteiger partial charge in [-0.15, -0.1) is 0 Å². The SMILES string of the molecule is CCCCCCCc1ccc(CCCC2COC(Cc3ccc(C#N)cc3)OC2)cc1. The maximum atomic E-state index is 8.89. The highest BCUT2D eigenvalue weighted by Crippen LogP contribution is 2.20. The molecule has 3 heteroatoms. The van der Waals surface area contributed by atoms with E-state index in [0.717, 1.165) is 38.0 Å². The third-order valence-electron chi connectivity index (χ3n) is 6.19. The lowest BCUT2D eigenvalue weighted by Gasteiger charge is -2.29. The lowest BCUT2D eigenvalue weighted by Crippen LogP contribution is -2.33. The van der Waals surface area contributed by atoms with Gasteiger partial charge in [-0.25, -0.2) is 0 Å². The van der Waals surface area contributed by atoms with E-state index in [1.165, 1.54) is 56.1 Å². The number of hydrogen-bond donors (Lipinski definition) is 0. The molecule has 0 unspecified atom stereocenters. The number of benzene rings is 2. The molecule has 0 N–H and O–H groups in total. The van der Waals surface area contributed by atoms with Crippen molar-refractivity contribution in [2.24, 2.45) is 5.92 Å². The summed E-state index contributed by atoms with van der Waals surface area (Å²) in [5.74, 6) is 0.486. The van der Waals surface area contributed by atoms with Gasteiger partial charge in [0.15, 0.2) is 6.29 Å². The Hall–Kier alpha value is -2.15. The number of nitriles is 1. The first-order chi connectivity index (χ1) is 15.3. The Balaban J connectivity index is 1.29. The molecule has 3 nitrogen and oxygen atoms in total. The standard InChI is InChI=1S/C28H37NO2/c1-2-3-4-5-6-8-23-11-13-24(14-12-23)9-7-10-27-21-30-28(31-22-27)19-25-15-17-26(20-29)18-16-25/h11-18,27-28H,2-10,19,21-22H2,1H3. The summed E-state index contributed by atoms with van der Waals surface area (Å²) in [7, 11) is 0. The predicted molar refractivity (Wildman–Crippen MR) is 126 cm³/mol. The second kappa shape index (κ2) is 13.3. The van der Waals surface area contributed by atoms with Crippen LogP contribution >= 0.6 is 0 Å². The monoisotopic (exact) mass is 419 g/mol. The average Bonchev–Trinajstić information content (AvgIpc) is 2.81. The van der Waals surface area contributed by atoms with Gasteiger partial charge in [-0.1, -0.05) is 69.0 Å². The maximum Gasteiger partial charge on any atom is 0.161 e. The largest absolute Gasteiger partial charge is 0.352 e. The van der Waals surface area contributed by atoms with Gasteiger partial charge in [-0.3, -0.25) is 0 Å². The quantitative estimate of drug-likeness (QED) is 0.363. The molecule has 1 saturated heterocycles. The van der Waals surface area contributed by atoms with E-state index in [4.69, 9.17) is 14.7 Å². The van der Waals surface area contributed by atoms with E-state index in [2.05, 4.69) is 37.3 Å². The van der Waals surface area contributed by atoms with Crippen LogP contribution in [0.2, 0.25) is 0 Å². The molecule has 0 saturated carbocycles.